The van der Waals surface area contributed by atoms with Gasteiger partial charge in [0.1, 0.15) is 0 Å². The van der Waals surface area contributed by atoms with Gasteiger partial charge >= 0.3 is 0 Å². The van der Waals surface area contributed by atoms with E-state index in [1.54, 1.807) is 0 Å². The molecule has 84 valence electrons. The number of likely N-dealkylation sites (N-methyl/N-ethyl adjacent to an activating group) is 1. The third-order valence-corrected chi connectivity index (χ3v) is 2.63. The lowest BCUT2D eigenvalue weighted by molar-refractivity contribution is -0.124. The first-order chi connectivity index (χ1) is 6.40. The van der Waals surface area contributed by atoms with Crippen molar-refractivity contribution in [2.45, 2.75) is 46.7 Å². The van der Waals surface area contributed by atoms with Gasteiger partial charge in [-0.05, 0) is 25.8 Å². The minimum absolute atomic E-state index is 0.0869. The van der Waals surface area contributed by atoms with E-state index in [-0.39, 0.29) is 18.0 Å². The molecule has 0 fully saturated rings. The highest BCUT2D eigenvalue weighted by molar-refractivity contribution is 5.82. The maximum Gasteiger partial charge on any atom is 0.237 e. The summed E-state index contributed by atoms with van der Waals surface area (Å²) in [5.74, 6) is 0.895. The van der Waals surface area contributed by atoms with E-state index < -0.39 is 0 Å². The van der Waals surface area contributed by atoms with Crippen LogP contribution in [0.2, 0.25) is 0 Å². The van der Waals surface area contributed by atoms with Crippen LogP contribution in [0.1, 0.15) is 34.6 Å². The van der Waals surface area contributed by atoms with Crippen LogP contribution in [0.3, 0.4) is 0 Å². The Labute approximate surface area is 87.6 Å². The summed E-state index contributed by atoms with van der Waals surface area (Å²) in [4.78, 5) is 11.8. The van der Waals surface area contributed by atoms with Gasteiger partial charge in [-0.25, -0.2) is 0 Å². The van der Waals surface area contributed by atoms with Crippen molar-refractivity contribution in [3.8, 4) is 0 Å². The zero-order valence-electron chi connectivity index (χ0n) is 10.2. The van der Waals surface area contributed by atoms with Gasteiger partial charge in [-0.3, -0.25) is 4.79 Å². The Morgan fingerprint density at radius 2 is 1.50 bits per heavy atom. The molecule has 3 heteroatoms. The van der Waals surface area contributed by atoms with Gasteiger partial charge in [0.15, 0.2) is 0 Å². The highest BCUT2D eigenvalue weighted by Gasteiger charge is 2.21. The first-order valence-electron chi connectivity index (χ1n) is 5.37. The van der Waals surface area contributed by atoms with Crippen molar-refractivity contribution in [3.63, 3.8) is 0 Å². The molecule has 2 N–H and O–H groups in total. The molecule has 0 radical (unpaired) electrons. The molecule has 3 nitrogen and oxygen atoms in total. The van der Waals surface area contributed by atoms with Crippen molar-refractivity contribution in [1.82, 2.24) is 10.6 Å². The summed E-state index contributed by atoms with van der Waals surface area (Å²) in [6.07, 6.45) is 0. The average Bonchev–Trinajstić information content (AvgIpc) is 2.04. The van der Waals surface area contributed by atoms with Crippen molar-refractivity contribution in [1.29, 1.82) is 0 Å². The van der Waals surface area contributed by atoms with Crippen molar-refractivity contribution in [2.75, 3.05) is 7.05 Å². The van der Waals surface area contributed by atoms with E-state index in [9.17, 15) is 4.79 Å². The molecule has 0 aromatic carbocycles. The zero-order chi connectivity index (χ0) is 11.3. The second kappa shape index (κ2) is 6.02. The van der Waals surface area contributed by atoms with Crippen LogP contribution in [0.25, 0.3) is 0 Å². The highest BCUT2D eigenvalue weighted by Crippen LogP contribution is 2.04. The molecule has 2 atom stereocenters. The highest BCUT2D eigenvalue weighted by atomic mass is 16.2. The SMILES string of the molecule is CN[C@H](C(=O)N[C@@H](C)C(C)C)C(C)C. The quantitative estimate of drug-likeness (QED) is 0.704. The summed E-state index contributed by atoms with van der Waals surface area (Å²) < 4.78 is 0. The summed E-state index contributed by atoms with van der Waals surface area (Å²) in [6.45, 7) is 10.3. The monoisotopic (exact) mass is 200 g/mol. The minimum atomic E-state index is -0.0869. The van der Waals surface area contributed by atoms with E-state index in [2.05, 4.69) is 24.5 Å². The largest absolute Gasteiger partial charge is 0.352 e. The van der Waals surface area contributed by atoms with Crippen LogP contribution in [0, 0.1) is 11.8 Å². The molecular formula is C11H24N2O. The first-order valence-corrected chi connectivity index (χ1v) is 5.37. The number of carbonyl (C=O) groups is 1. The van der Waals surface area contributed by atoms with Crippen molar-refractivity contribution >= 4 is 5.91 Å². The molecule has 1 amide bonds. The molecule has 0 unspecified atom stereocenters. The van der Waals surface area contributed by atoms with Gasteiger partial charge in [-0.15, -0.1) is 0 Å². The van der Waals surface area contributed by atoms with Crippen LogP contribution in [-0.4, -0.2) is 25.0 Å². The summed E-state index contributed by atoms with van der Waals surface area (Å²) in [5.41, 5.74) is 0. The smallest absolute Gasteiger partial charge is 0.237 e. The molecule has 14 heavy (non-hydrogen) atoms. The lowest BCUT2D eigenvalue weighted by atomic mass is 10.0. The van der Waals surface area contributed by atoms with E-state index >= 15 is 0 Å². The summed E-state index contributed by atoms with van der Waals surface area (Å²) in [6, 6.07) is 0.147. The van der Waals surface area contributed by atoms with Crippen LogP contribution in [0.15, 0.2) is 0 Å². The second-order valence-electron chi connectivity index (χ2n) is 4.55. The predicted octanol–water partition coefficient (Wildman–Crippen LogP) is 1.39. The Morgan fingerprint density at radius 3 is 1.79 bits per heavy atom. The standard InChI is InChI=1S/C11H24N2O/c1-7(2)9(5)13-11(14)10(12-6)8(3)4/h7-10,12H,1-6H3,(H,13,14)/t9-,10-/m0/s1. The molecule has 0 heterocycles. The number of amides is 1. The molecule has 0 aromatic heterocycles. The molecule has 0 spiro atoms. The van der Waals surface area contributed by atoms with Gasteiger partial charge in [0.25, 0.3) is 0 Å². The fourth-order valence-corrected chi connectivity index (χ4v) is 1.25. The molecule has 0 bridgehead atoms. The average molecular weight is 200 g/mol. The molecule has 0 saturated heterocycles. The minimum Gasteiger partial charge on any atom is -0.352 e. The van der Waals surface area contributed by atoms with Gasteiger partial charge in [0.2, 0.25) is 5.91 Å². The molecule has 0 aliphatic carbocycles. The Morgan fingerprint density at radius 1 is 1.00 bits per heavy atom. The zero-order valence-corrected chi connectivity index (χ0v) is 10.2. The van der Waals surface area contributed by atoms with Crippen LogP contribution in [0.4, 0.5) is 0 Å². The molecule has 0 rings (SSSR count). The number of nitrogens with one attached hydrogen (secondary N) is 2. The molecule has 0 aromatic rings. The summed E-state index contributed by atoms with van der Waals surface area (Å²) in [5, 5.41) is 6.04. The van der Waals surface area contributed by atoms with Crippen LogP contribution >= 0.6 is 0 Å². The fraction of sp³-hybridized carbons (Fsp3) is 0.909. The van der Waals surface area contributed by atoms with E-state index in [1.165, 1.54) is 0 Å². The van der Waals surface area contributed by atoms with Gasteiger partial charge in [0, 0.05) is 6.04 Å². The Bertz CT molecular complexity index is 178. The lowest BCUT2D eigenvalue weighted by Gasteiger charge is -2.24. The Balaban J connectivity index is 4.18. The van der Waals surface area contributed by atoms with Gasteiger partial charge in [-0.1, -0.05) is 27.7 Å². The van der Waals surface area contributed by atoms with Gasteiger partial charge < -0.3 is 10.6 Å². The van der Waals surface area contributed by atoms with E-state index in [0.717, 1.165) is 0 Å². The maximum atomic E-state index is 11.8. The predicted molar refractivity (Wildman–Crippen MR) is 60.1 cm³/mol. The maximum absolute atomic E-state index is 11.8. The van der Waals surface area contributed by atoms with E-state index in [0.29, 0.717) is 11.8 Å². The normalized spacial score (nSPS) is 15.7. The summed E-state index contributed by atoms with van der Waals surface area (Å²) >= 11 is 0. The third-order valence-electron chi connectivity index (χ3n) is 2.63. The van der Waals surface area contributed by atoms with Crippen LogP contribution < -0.4 is 10.6 Å². The van der Waals surface area contributed by atoms with Crippen LogP contribution in [0.5, 0.6) is 0 Å². The second-order valence-corrected chi connectivity index (χ2v) is 4.55. The van der Waals surface area contributed by atoms with E-state index in [4.69, 9.17) is 0 Å². The molecule has 0 aliphatic rings. The van der Waals surface area contributed by atoms with E-state index in [1.807, 2.05) is 27.8 Å². The van der Waals surface area contributed by atoms with Crippen LogP contribution in [-0.2, 0) is 4.79 Å². The fourth-order valence-electron chi connectivity index (χ4n) is 1.25. The molecule has 0 saturated carbocycles. The molecule has 0 aliphatic heterocycles. The van der Waals surface area contributed by atoms with Crippen molar-refractivity contribution in [2.24, 2.45) is 11.8 Å². The van der Waals surface area contributed by atoms with Gasteiger partial charge in [0.05, 0.1) is 6.04 Å². The number of hydrogen-bond acceptors (Lipinski definition) is 2. The number of hydrogen-bond donors (Lipinski definition) is 2. The Kier molecular flexibility index (Phi) is 5.77. The lowest BCUT2D eigenvalue weighted by Crippen LogP contribution is -2.49. The number of carbonyl (C=O) groups excluding carboxylic acids is 1. The van der Waals surface area contributed by atoms with Crippen molar-refractivity contribution in [3.05, 3.63) is 0 Å². The first kappa shape index (κ1) is 13.4. The number of rotatable bonds is 5. The van der Waals surface area contributed by atoms with Crippen molar-refractivity contribution < 1.29 is 4.79 Å². The third kappa shape index (κ3) is 4.09. The van der Waals surface area contributed by atoms with Gasteiger partial charge in [-0.2, -0.15) is 0 Å². The molecular weight excluding hydrogens is 176 g/mol. The summed E-state index contributed by atoms with van der Waals surface area (Å²) in [7, 11) is 1.82. The Hall–Kier alpha value is -0.570. The topological polar surface area (TPSA) is 41.1 Å².